The molecule has 0 saturated heterocycles. The van der Waals surface area contributed by atoms with Crippen molar-refractivity contribution in [2.24, 2.45) is 0 Å². The lowest BCUT2D eigenvalue weighted by atomic mass is 9.93. The second-order valence-electron chi connectivity index (χ2n) is 6.79. The van der Waals surface area contributed by atoms with Crippen molar-refractivity contribution < 1.29 is 19.1 Å². The number of fused-ring (bicyclic) bond motifs is 1. The lowest BCUT2D eigenvalue weighted by molar-refractivity contribution is 0.0696. The van der Waals surface area contributed by atoms with Crippen molar-refractivity contribution in [3.05, 3.63) is 74.1 Å². The van der Waals surface area contributed by atoms with Crippen LogP contribution in [0.3, 0.4) is 0 Å². The predicted octanol–water partition coefficient (Wildman–Crippen LogP) is 5.37. The molecule has 0 fully saturated rings. The average molecular weight is 478 g/mol. The quantitative estimate of drug-likeness (QED) is 0.550. The number of nitrogens with zero attached hydrogens (tertiary/aromatic N) is 2. The summed E-state index contributed by atoms with van der Waals surface area (Å²) in [5.41, 5.74) is 2.25. The fraction of sp³-hybridized carbons (Fsp3) is 0.190. The third-order valence-electron chi connectivity index (χ3n) is 5.02. The zero-order valence-electron chi connectivity index (χ0n) is 15.1. The van der Waals surface area contributed by atoms with E-state index in [1.54, 1.807) is 18.2 Å². The number of aromatic carboxylic acids is 1. The number of carbonyl (C=O) groups excluding carboxylic acids is 1. The van der Waals surface area contributed by atoms with Crippen molar-refractivity contribution in [1.82, 2.24) is 9.78 Å². The van der Waals surface area contributed by atoms with Gasteiger partial charge in [-0.25, -0.2) is 9.18 Å². The van der Waals surface area contributed by atoms with Crippen molar-refractivity contribution in [1.29, 1.82) is 0 Å². The molecule has 1 aliphatic rings. The Kier molecular flexibility index (Phi) is 5.27. The third kappa shape index (κ3) is 3.49. The number of carboxylic acid groups (broad SMARTS) is 1. The summed E-state index contributed by atoms with van der Waals surface area (Å²) in [4.78, 5) is 24.3. The molecule has 2 aromatic carbocycles. The topological polar surface area (TPSA) is 72.2 Å². The Labute approximate surface area is 179 Å². The van der Waals surface area contributed by atoms with Gasteiger partial charge in [0.15, 0.2) is 0 Å². The van der Waals surface area contributed by atoms with Crippen LogP contribution in [0.25, 0.3) is 11.3 Å². The normalized spacial score (nSPS) is 13.2. The van der Waals surface area contributed by atoms with Gasteiger partial charge in [-0.1, -0.05) is 17.7 Å². The summed E-state index contributed by atoms with van der Waals surface area (Å²) in [6, 6.07) is 8.78. The molecule has 0 spiro atoms. The summed E-state index contributed by atoms with van der Waals surface area (Å²) >= 11 is 9.61. The van der Waals surface area contributed by atoms with Gasteiger partial charge in [0.1, 0.15) is 5.82 Å². The fourth-order valence-corrected chi connectivity index (χ4v) is 4.54. The van der Waals surface area contributed by atoms with Crippen LogP contribution in [0.1, 0.15) is 44.8 Å². The van der Waals surface area contributed by atoms with E-state index in [2.05, 4.69) is 21.0 Å². The lowest BCUT2D eigenvalue weighted by Gasteiger charge is -2.14. The van der Waals surface area contributed by atoms with Gasteiger partial charge in [-0.3, -0.25) is 4.79 Å². The monoisotopic (exact) mass is 476 g/mol. The zero-order valence-corrected chi connectivity index (χ0v) is 17.4. The van der Waals surface area contributed by atoms with Crippen molar-refractivity contribution in [3.8, 4) is 11.3 Å². The molecule has 0 saturated carbocycles. The van der Waals surface area contributed by atoms with E-state index in [9.17, 15) is 14.0 Å². The molecule has 1 aromatic heterocycles. The summed E-state index contributed by atoms with van der Waals surface area (Å²) in [6.07, 6.45) is 3.12. The maximum atomic E-state index is 14.7. The first-order chi connectivity index (χ1) is 13.9. The number of carbonyl (C=O) groups is 2. The molecule has 0 bridgehead atoms. The highest BCUT2D eigenvalue weighted by molar-refractivity contribution is 9.10. The number of benzene rings is 2. The number of hydrogen-bond donors (Lipinski definition) is 1. The highest BCUT2D eigenvalue weighted by atomic mass is 79.9. The Morgan fingerprint density at radius 2 is 1.93 bits per heavy atom. The summed E-state index contributed by atoms with van der Waals surface area (Å²) < 4.78 is 16.6. The number of halogens is 3. The van der Waals surface area contributed by atoms with Gasteiger partial charge in [-0.15, -0.1) is 0 Å². The van der Waals surface area contributed by atoms with Crippen LogP contribution in [0.4, 0.5) is 4.39 Å². The maximum absolute atomic E-state index is 14.7. The maximum Gasteiger partial charge on any atom is 0.335 e. The molecule has 0 unspecified atom stereocenters. The number of rotatable bonds is 3. The highest BCUT2D eigenvalue weighted by Crippen LogP contribution is 2.34. The van der Waals surface area contributed by atoms with Gasteiger partial charge < -0.3 is 5.11 Å². The van der Waals surface area contributed by atoms with Gasteiger partial charge in [0.2, 0.25) is 0 Å². The molecule has 8 heteroatoms. The van der Waals surface area contributed by atoms with E-state index >= 15 is 0 Å². The predicted molar refractivity (Wildman–Crippen MR) is 110 cm³/mol. The molecule has 3 aromatic rings. The van der Waals surface area contributed by atoms with Gasteiger partial charge in [0.05, 0.1) is 27.5 Å². The molecule has 4 rings (SSSR count). The average Bonchev–Trinajstić information content (AvgIpc) is 3.07. The van der Waals surface area contributed by atoms with Crippen LogP contribution in [0.15, 0.2) is 40.9 Å². The zero-order chi connectivity index (χ0) is 20.7. The second-order valence-corrected chi connectivity index (χ2v) is 8.06. The molecule has 1 heterocycles. The molecule has 0 atom stereocenters. The largest absolute Gasteiger partial charge is 0.478 e. The minimum absolute atomic E-state index is 0.143. The van der Waals surface area contributed by atoms with Gasteiger partial charge in [0.25, 0.3) is 5.91 Å². The van der Waals surface area contributed by atoms with E-state index in [0.29, 0.717) is 33.6 Å². The van der Waals surface area contributed by atoms with E-state index in [0.717, 1.165) is 30.2 Å². The summed E-state index contributed by atoms with van der Waals surface area (Å²) in [6.45, 7) is 0. The first-order valence-corrected chi connectivity index (χ1v) is 10.2. The van der Waals surface area contributed by atoms with Crippen LogP contribution in [-0.2, 0) is 12.8 Å². The van der Waals surface area contributed by atoms with Crippen molar-refractivity contribution in [2.75, 3.05) is 0 Å². The molecule has 5 nitrogen and oxygen atoms in total. The summed E-state index contributed by atoms with van der Waals surface area (Å²) in [5, 5.41) is 13.8. The summed E-state index contributed by atoms with van der Waals surface area (Å²) in [7, 11) is 0. The molecule has 0 aliphatic heterocycles. The molecule has 148 valence electrons. The number of hydrogen-bond acceptors (Lipinski definition) is 3. The SMILES string of the molecule is O=C(O)c1ccc(-c2nn(C(=O)c3c(Cl)cccc3Br)c3c2CCCC3)c(F)c1. The van der Waals surface area contributed by atoms with E-state index in [1.165, 1.54) is 16.8 Å². The highest BCUT2D eigenvalue weighted by Gasteiger charge is 2.28. The molecule has 29 heavy (non-hydrogen) atoms. The molecular weight excluding hydrogens is 463 g/mol. The Bertz CT molecular complexity index is 1140. The molecule has 0 radical (unpaired) electrons. The standard InChI is InChI=1S/C21H15BrClFN2O3/c22-14-5-3-6-15(23)18(14)20(27)26-17-7-2-1-4-13(17)19(25-26)12-9-8-11(21(28)29)10-16(12)24/h3,5-6,8-10H,1-2,4,7H2,(H,28,29). The van der Waals surface area contributed by atoms with Crippen LogP contribution in [0, 0.1) is 5.82 Å². The van der Waals surface area contributed by atoms with Crippen LogP contribution >= 0.6 is 27.5 Å². The van der Waals surface area contributed by atoms with Gasteiger partial charge in [-0.2, -0.15) is 9.78 Å². The fourth-order valence-electron chi connectivity index (χ4n) is 3.63. The van der Waals surface area contributed by atoms with Gasteiger partial charge >= 0.3 is 5.97 Å². The van der Waals surface area contributed by atoms with Gasteiger partial charge in [0, 0.05) is 15.6 Å². The Morgan fingerprint density at radius 3 is 2.62 bits per heavy atom. The Hall–Kier alpha value is -2.51. The number of aromatic nitrogens is 2. The Morgan fingerprint density at radius 1 is 1.17 bits per heavy atom. The van der Waals surface area contributed by atoms with E-state index in [1.807, 2.05) is 0 Å². The Balaban J connectivity index is 1.88. The van der Waals surface area contributed by atoms with Crippen molar-refractivity contribution in [2.45, 2.75) is 25.7 Å². The third-order valence-corrected chi connectivity index (χ3v) is 6.00. The minimum atomic E-state index is -1.21. The van der Waals surface area contributed by atoms with Crippen LogP contribution in [0.2, 0.25) is 5.02 Å². The van der Waals surface area contributed by atoms with Crippen molar-refractivity contribution >= 4 is 39.4 Å². The summed E-state index contributed by atoms with van der Waals surface area (Å²) in [5.74, 6) is -2.29. The lowest BCUT2D eigenvalue weighted by Crippen LogP contribution is -2.19. The smallest absolute Gasteiger partial charge is 0.335 e. The number of carboxylic acids is 1. The first-order valence-electron chi connectivity index (χ1n) is 9.01. The van der Waals surface area contributed by atoms with Crippen LogP contribution < -0.4 is 0 Å². The van der Waals surface area contributed by atoms with E-state index in [4.69, 9.17) is 16.7 Å². The first kappa shape index (κ1) is 19.8. The van der Waals surface area contributed by atoms with Crippen molar-refractivity contribution in [3.63, 3.8) is 0 Å². The van der Waals surface area contributed by atoms with Crippen LogP contribution in [0.5, 0.6) is 0 Å². The van der Waals surface area contributed by atoms with E-state index in [-0.39, 0.29) is 11.1 Å². The molecule has 1 N–H and O–H groups in total. The molecule has 1 aliphatic carbocycles. The minimum Gasteiger partial charge on any atom is -0.478 e. The van der Waals surface area contributed by atoms with Gasteiger partial charge in [-0.05, 0) is 71.9 Å². The van der Waals surface area contributed by atoms with Crippen LogP contribution in [-0.4, -0.2) is 26.8 Å². The van der Waals surface area contributed by atoms with E-state index < -0.39 is 17.7 Å². The second kappa shape index (κ2) is 7.72. The molecule has 0 amide bonds. The molecular formula is C21H15BrClFN2O3.